The second kappa shape index (κ2) is 7.21. The first-order chi connectivity index (χ1) is 10.1. The number of nitrogens with zero attached hydrogens (tertiary/aromatic N) is 1. The van der Waals surface area contributed by atoms with Crippen molar-refractivity contribution in [3.8, 4) is 0 Å². The molecule has 0 radical (unpaired) electrons. The predicted molar refractivity (Wildman–Crippen MR) is 78.4 cm³/mol. The summed E-state index contributed by atoms with van der Waals surface area (Å²) in [6, 6.07) is 3.13. The van der Waals surface area contributed by atoms with E-state index in [2.05, 4.69) is 10.1 Å². The number of thiophene rings is 1. The first kappa shape index (κ1) is 15.5. The normalized spacial score (nSPS) is 14.0. The lowest BCUT2D eigenvalue weighted by molar-refractivity contribution is -0.129. The molecule has 2 rings (SSSR count). The van der Waals surface area contributed by atoms with Crippen molar-refractivity contribution in [2.75, 3.05) is 26.7 Å². The molecular formula is C14H18N2O4S. The van der Waals surface area contributed by atoms with Gasteiger partial charge in [-0.05, 0) is 25.0 Å². The summed E-state index contributed by atoms with van der Waals surface area (Å²) >= 11 is 1.08. The summed E-state index contributed by atoms with van der Waals surface area (Å²) in [7, 11) is 1.30. The molecule has 1 fully saturated rings. The Morgan fingerprint density at radius 2 is 1.90 bits per heavy atom. The molecule has 1 saturated heterocycles. The topological polar surface area (TPSA) is 75.7 Å². The van der Waals surface area contributed by atoms with Gasteiger partial charge in [-0.3, -0.25) is 9.59 Å². The molecular weight excluding hydrogens is 292 g/mol. The minimum Gasteiger partial charge on any atom is -0.465 e. The SMILES string of the molecule is COC(=O)c1ccc(C(=O)NCCC(=O)N2CCCC2)s1. The molecule has 0 saturated carbocycles. The molecule has 0 unspecified atom stereocenters. The van der Waals surface area contributed by atoms with Gasteiger partial charge in [0.05, 0.1) is 12.0 Å². The van der Waals surface area contributed by atoms with Crippen molar-refractivity contribution in [2.24, 2.45) is 0 Å². The molecule has 0 aliphatic carbocycles. The standard InChI is InChI=1S/C14H18N2O4S/c1-20-14(19)11-5-4-10(21-11)13(18)15-7-6-12(17)16-8-2-3-9-16/h4-5H,2-3,6-9H2,1H3,(H,15,18). The number of esters is 1. The minimum atomic E-state index is -0.455. The number of nitrogens with one attached hydrogen (secondary N) is 1. The van der Waals surface area contributed by atoms with Crippen molar-refractivity contribution in [2.45, 2.75) is 19.3 Å². The van der Waals surface area contributed by atoms with Gasteiger partial charge in [0, 0.05) is 26.1 Å². The molecule has 1 N–H and O–H groups in total. The Labute approximate surface area is 127 Å². The fraction of sp³-hybridized carbons (Fsp3) is 0.500. The maximum atomic E-state index is 11.9. The van der Waals surface area contributed by atoms with Gasteiger partial charge < -0.3 is 15.0 Å². The zero-order valence-corrected chi connectivity index (χ0v) is 12.7. The van der Waals surface area contributed by atoms with Gasteiger partial charge in [-0.25, -0.2) is 4.79 Å². The van der Waals surface area contributed by atoms with Gasteiger partial charge in [0.1, 0.15) is 4.88 Å². The quantitative estimate of drug-likeness (QED) is 0.831. The van der Waals surface area contributed by atoms with Gasteiger partial charge in [-0.2, -0.15) is 0 Å². The molecule has 1 aliphatic rings. The van der Waals surface area contributed by atoms with Crippen molar-refractivity contribution >= 4 is 29.1 Å². The van der Waals surface area contributed by atoms with E-state index >= 15 is 0 Å². The Hall–Kier alpha value is -1.89. The Kier molecular flexibility index (Phi) is 5.32. The van der Waals surface area contributed by atoms with Crippen LogP contribution in [0.4, 0.5) is 0 Å². The van der Waals surface area contributed by atoms with Crippen molar-refractivity contribution < 1.29 is 19.1 Å². The zero-order valence-electron chi connectivity index (χ0n) is 11.9. The number of carbonyl (C=O) groups excluding carboxylic acids is 3. The monoisotopic (exact) mass is 310 g/mol. The molecule has 2 amide bonds. The Morgan fingerprint density at radius 3 is 2.57 bits per heavy atom. The van der Waals surface area contributed by atoms with E-state index in [1.807, 2.05) is 4.90 Å². The molecule has 2 heterocycles. The summed E-state index contributed by atoms with van der Waals surface area (Å²) in [6.45, 7) is 1.94. The van der Waals surface area contributed by atoms with Crippen molar-refractivity contribution in [1.29, 1.82) is 0 Å². The van der Waals surface area contributed by atoms with Crippen LogP contribution in [0.1, 0.15) is 38.6 Å². The summed E-state index contributed by atoms with van der Waals surface area (Å²) in [5.41, 5.74) is 0. The first-order valence-electron chi connectivity index (χ1n) is 6.86. The number of methoxy groups -OCH3 is 1. The molecule has 1 aromatic rings. The van der Waals surface area contributed by atoms with Crippen LogP contribution < -0.4 is 5.32 Å². The van der Waals surface area contributed by atoms with Crippen LogP contribution in [-0.2, 0) is 9.53 Å². The average Bonchev–Trinajstić information content (AvgIpc) is 3.17. The molecule has 7 heteroatoms. The second-order valence-electron chi connectivity index (χ2n) is 4.75. The van der Waals surface area contributed by atoms with E-state index in [0.717, 1.165) is 37.3 Å². The van der Waals surface area contributed by atoms with Crippen LogP contribution in [-0.4, -0.2) is 49.4 Å². The smallest absolute Gasteiger partial charge is 0.348 e. The van der Waals surface area contributed by atoms with Crippen LogP contribution in [0.3, 0.4) is 0 Å². The first-order valence-corrected chi connectivity index (χ1v) is 7.67. The highest BCUT2D eigenvalue weighted by atomic mass is 32.1. The number of amides is 2. The van der Waals surface area contributed by atoms with Crippen molar-refractivity contribution in [3.63, 3.8) is 0 Å². The molecule has 0 bridgehead atoms. The highest BCUT2D eigenvalue weighted by Crippen LogP contribution is 2.17. The number of hydrogen-bond donors (Lipinski definition) is 1. The Balaban J connectivity index is 1.77. The van der Waals surface area contributed by atoms with Crippen LogP contribution in [0.2, 0.25) is 0 Å². The van der Waals surface area contributed by atoms with Crippen LogP contribution in [0, 0.1) is 0 Å². The Morgan fingerprint density at radius 1 is 1.24 bits per heavy atom. The molecule has 6 nitrogen and oxygen atoms in total. The average molecular weight is 310 g/mol. The van der Waals surface area contributed by atoms with E-state index in [4.69, 9.17) is 0 Å². The van der Waals surface area contributed by atoms with E-state index in [9.17, 15) is 14.4 Å². The van der Waals surface area contributed by atoms with E-state index < -0.39 is 5.97 Å². The van der Waals surface area contributed by atoms with Crippen LogP contribution in [0.15, 0.2) is 12.1 Å². The number of ether oxygens (including phenoxy) is 1. The second-order valence-corrected chi connectivity index (χ2v) is 5.83. The van der Waals surface area contributed by atoms with E-state index in [0.29, 0.717) is 22.7 Å². The third kappa shape index (κ3) is 4.04. The van der Waals surface area contributed by atoms with Gasteiger partial charge in [0.15, 0.2) is 0 Å². The van der Waals surface area contributed by atoms with E-state index in [1.54, 1.807) is 12.1 Å². The molecule has 1 aromatic heterocycles. The number of likely N-dealkylation sites (tertiary alicyclic amines) is 1. The molecule has 1 aliphatic heterocycles. The largest absolute Gasteiger partial charge is 0.465 e. The highest BCUT2D eigenvalue weighted by molar-refractivity contribution is 7.15. The summed E-state index contributed by atoms with van der Waals surface area (Å²) in [6.07, 6.45) is 2.42. The zero-order chi connectivity index (χ0) is 15.2. The highest BCUT2D eigenvalue weighted by Gasteiger charge is 2.18. The minimum absolute atomic E-state index is 0.0780. The maximum absolute atomic E-state index is 11.9. The molecule has 0 spiro atoms. The van der Waals surface area contributed by atoms with Crippen LogP contribution in [0.5, 0.6) is 0 Å². The fourth-order valence-electron chi connectivity index (χ4n) is 2.16. The summed E-state index contributed by atoms with van der Waals surface area (Å²) < 4.78 is 4.59. The van der Waals surface area contributed by atoms with E-state index in [-0.39, 0.29) is 11.8 Å². The maximum Gasteiger partial charge on any atom is 0.348 e. The van der Waals surface area contributed by atoms with Crippen molar-refractivity contribution in [3.05, 3.63) is 21.9 Å². The lowest BCUT2D eigenvalue weighted by atomic mass is 10.3. The van der Waals surface area contributed by atoms with E-state index in [1.165, 1.54) is 7.11 Å². The van der Waals surface area contributed by atoms with Gasteiger partial charge in [0.2, 0.25) is 5.91 Å². The summed E-state index contributed by atoms with van der Waals surface area (Å²) in [4.78, 5) is 37.7. The third-order valence-electron chi connectivity index (χ3n) is 3.30. The lowest BCUT2D eigenvalue weighted by Crippen LogP contribution is -2.32. The number of rotatable bonds is 5. The van der Waals surface area contributed by atoms with Gasteiger partial charge >= 0.3 is 5.97 Å². The van der Waals surface area contributed by atoms with Gasteiger partial charge in [-0.1, -0.05) is 0 Å². The van der Waals surface area contributed by atoms with Crippen molar-refractivity contribution in [1.82, 2.24) is 10.2 Å². The molecule has 0 aromatic carbocycles. The lowest BCUT2D eigenvalue weighted by Gasteiger charge is -2.14. The van der Waals surface area contributed by atoms with Crippen LogP contribution in [0.25, 0.3) is 0 Å². The molecule has 114 valence electrons. The summed E-state index contributed by atoms with van der Waals surface area (Å²) in [5.74, 6) is -0.651. The number of hydrogen-bond acceptors (Lipinski definition) is 5. The predicted octanol–water partition coefficient (Wildman–Crippen LogP) is 1.28. The molecule has 21 heavy (non-hydrogen) atoms. The Bertz CT molecular complexity index is 535. The third-order valence-corrected chi connectivity index (χ3v) is 4.36. The number of carbonyl (C=O) groups is 3. The van der Waals surface area contributed by atoms with Gasteiger partial charge in [0.25, 0.3) is 5.91 Å². The van der Waals surface area contributed by atoms with Gasteiger partial charge in [-0.15, -0.1) is 11.3 Å². The molecule has 0 atom stereocenters. The van der Waals surface area contributed by atoms with Crippen LogP contribution >= 0.6 is 11.3 Å². The fourth-order valence-corrected chi connectivity index (χ4v) is 3.01. The summed E-state index contributed by atoms with van der Waals surface area (Å²) in [5, 5.41) is 2.70.